The lowest BCUT2D eigenvalue weighted by Gasteiger charge is -2.08. The molecule has 246 valence electrons. The average molecular weight is 652 g/mol. The highest BCUT2D eigenvalue weighted by molar-refractivity contribution is 5.93. The second-order valence-electron chi connectivity index (χ2n) is 11.5. The summed E-state index contributed by atoms with van der Waals surface area (Å²) in [5, 5.41) is 26.5. The number of carbonyl (C=O) groups excluding carboxylic acids is 1. The van der Waals surface area contributed by atoms with E-state index in [0.29, 0.717) is 24.2 Å². The number of para-hydroxylation sites is 2. The Morgan fingerprint density at radius 1 is 0.633 bits per heavy atom. The Kier molecular flexibility index (Phi) is 11.4. The highest BCUT2D eigenvalue weighted by atomic mass is 16.5. The zero-order valence-electron chi connectivity index (χ0n) is 27.2. The summed E-state index contributed by atoms with van der Waals surface area (Å²) in [7, 11) is 0. The van der Waals surface area contributed by atoms with Crippen LogP contribution in [-0.4, -0.2) is 45.2 Å². The molecule has 2 aromatic heterocycles. The summed E-state index contributed by atoms with van der Waals surface area (Å²) in [5.41, 5.74) is 10.5. The fourth-order valence-corrected chi connectivity index (χ4v) is 5.01. The van der Waals surface area contributed by atoms with E-state index in [1.54, 1.807) is 29.7 Å². The molecule has 5 N–H and O–H groups in total. The van der Waals surface area contributed by atoms with Crippen LogP contribution in [0.3, 0.4) is 0 Å². The molecule has 0 aliphatic heterocycles. The Balaban J connectivity index is 0.000000191. The number of anilines is 2. The van der Waals surface area contributed by atoms with Crippen LogP contribution in [0.5, 0.6) is 0 Å². The van der Waals surface area contributed by atoms with Crippen LogP contribution in [0.25, 0.3) is 34.0 Å². The number of pyridine rings is 2. The first-order valence-electron chi connectivity index (χ1n) is 15.7. The Bertz CT molecular complexity index is 2120. The summed E-state index contributed by atoms with van der Waals surface area (Å²) in [6, 6.07) is 34.0. The minimum atomic E-state index is -0.910. The van der Waals surface area contributed by atoms with Gasteiger partial charge < -0.3 is 15.7 Å². The van der Waals surface area contributed by atoms with Crippen molar-refractivity contribution in [1.29, 1.82) is 0 Å². The van der Waals surface area contributed by atoms with Crippen LogP contribution in [0.1, 0.15) is 45.7 Å². The number of hydrogen-bond acceptors (Lipinski definition) is 7. The molecule has 0 fully saturated rings. The summed E-state index contributed by atoms with van der Waals surface area (Å²) in [4.78, 5) is 31.0. The topological polar surface area (TPSA) is 136 Å². The fraction of sp³-hybridized carbons (Fsp3) is 0.100. The smallest absolute Gasteiger partial charge is 0.335 e. The zero-order valence-corrected chi connectivity index (χ0v) is 27.2. The molecule has 49 heavy (non-hydrogen) atoms. The Labute approximate surface area is 284 Å². The second kappa shape index (κ2) is 16.5. The minimum absolute atomic E-state index is 0.296. The lowest BCUT2D eigenvalue weighted by Crippen LogP contribution is -2.18. The van der Waals surface area contributed by atoms with Gasteiger partial charge in [-0.2, -0.15) is 0 Å². The van der Waals surface area contributed by atoms with Crippen molar-refractivity contribution in [2.45, 2.75) is 13.8 Å². The molecule has 0 bridgehead atoms. The quantitative estimate of drug-likeness (QED) is 0.0737. The van der Waals surface area contributed by atoms with Gasteiger partial charge in [0.25, 0.3) is 5.91 Å². The number of fused-ring (bicyclic) bond motifs is 2. The van der Waals surface area contributed by atoms with Gasteiger partial charge in [0.1, 0.15) is 0 Å². The maximum absolute atomic E-state index is 11.3. The number of amides is 1. The highest BCUT2D eigenvalue weighted by Crippen LogP contribution is 2.18. The second-order valence-corrected chi connectivity index (χ2v) is 11.5. The monoisotopic (exact) mass is 651 g/mol. The van der Waals surface area contributed by atoms with Crippen molar-refractivity contribution in [2.24, 2.45) is 0 Å². The highest BCUT2D eigenvalue weighted by Gasteiger charge is 2.04. The van der Waals surface area contributed by atoms with Crippen LogP contribution in [0, 0.1) is 0 Å². The summed E-state index contributed by atoms with van der Waals surface area (Å²) in [5.74, 6) is -1.43. The lowest BCUT2D eigenvalue weighted by molar-refractivity contribution is 0.0693. The minimum Gasteiger partial charge on any atom is -0.478 e. The Morgan fingerprint density at radius 3 is 1.49 bits per heavy atom. The predicted octanol–water partition coefficient (Wildman–Crippen LogP) is 8.32. The third kappa shape index (κ3) is 9.84. The van der Waals surface area contributed by atoms with Crippen LogP contribution >= 0.6 is 0 Å². The molecule has 0 atom stereocenters. The van der Waals surface area contributed by atoms with E-state index in [1.165, 1.54) is 0 Å². The van der Waals surface area contributed by atoms with E-state index in [1.807, 2.05) is 111 Å². The molecule has 6 aromatic rings. The van der Waals surface area contributed by atoms with Crippen LogP contribution in [0.2, 0.25) is 0 Å². The normalized spacial score (nSPS) is 11.4. The van der Waals surface area contributed by atoms with Crippen LogP contribution < -0.4 is 16.1 Å². The van der Waals surface area contributed by atoms with Gasteiger partial charge in [-0.3, -0.25) is 20.0 Å². The van der Waals surface area contributed by atoms with Crippen LogP contribution in [-0.2, 0) is 0 Å². The third-order valence-corrected chi connectivity index (χ3v) is 7.58. The predicted molar refractivity (Wildman–Crippen MR) is 197 cm³/mol. The van der Waals surface area contributed by atoms with Crippen molar-refractivity contribution in [3.05, 3.63) is 155 Å². The number of benzene rings is 4. The van der Waals surface area contributed by atoms with Gasteiger partial charge in [-0.15, -0.1) is 0 Å². The standard InChI is InChI=1S/C20H19N3O2.C20H18N2O2/c1-14(10-15-6-8-16(9-7-15)20(24)23-25)12-21-18-11-17-4-2-3-5-19(17)22-13-18;1-14(10-15-6-8-16(9-7-15)20(23)24)12-21-18-11-17-4-2-3-5-19(17)22-13-18/h2-11,13,21,25H,12H2,1H3,(H,23,24);2-11,13,21H,12H2,1H3,(H,23,24). The van der Waals surface area contributed by atoms with Crippen molar-refractivity contribution >= 4 is 57.2 Å². The van der Waals surface area contributed by atoms with Gasteiger partial charge in [-0.1, -0.05) is 84.0 Å². The fourth-order valence-electron chi connectivity index (χ4n) is 5.01. The number of carboxylic acids is 1. The molecular weight excluding hydrogens is 614 g/mol. The van der Waals surface area contributed by atoms with E-state index >= 15 is 0 Å². The molecule has 9 heteroatoms. The van der Waals surface area contributed by atoms with Crippen molar-refractivity contribution in [1.82, 2.24) is 15.4 Å². The molecule has 0 aliphatic carbocycles. The van der Waals surface area contributed by atoms with E-state index in [-0.39, 0.29) is 0 Å². The first kappa shape index (κ1) is 34.0. The number of carboxylic acid groups (broad SMARTS) is 1. The largest absolute Gasteiger partial charge is 0.478 e. The number of hydrogen-bond donors (Lipinski definition) is 5. The van der Waals surface area contributed by atoms with Gasteiger partial charge >= 0.3 is 5.97 Å². The Hall–Kier alpha value is -6.32. The molecule has 6 rings (SSSR count). The number of carbonyl (C=O) groups is 2. The van der Waals surface area contributed by atoms with Crippen molar-refractivity contribution in [2.75, 3.05) is 23.7 Å². The molecule has 2 heterocycles. The molecular formula is C40H37N5O4. The number of nitrogens with one attached hydrogen (secondary N) is 3. The van der Waals surface area contributed by atoms with Crippen molar-refractivity contribution in [3.63, 3.8) is 0 Å². The van der Waals surface area contributed by atoms with Gasteiger partial charge in [0.15, 0.2) is 0 Å². The van der Waals surface area contributed by atoms with Gasteiger partial charge in [-0.25, -0.2) is 10.3 Å². The molecule has 1 amide bonds. The Morgan fingerprint density at radius 2 is 1.06 bits per heavy atom. The number of aromatic nitrogens is 2. The van der Waals surface area contributed by atoms with Gasteiger partial charge in [0.05, 0.1) is 40.4 Å². The number of hydroxylamine groups is 1. The molecule has 0 saturated heterocycles. The van der Waals surface area contributed by atoms with E-state index in [9.17, 15) is 9.59 Å². The third-order valence-electron chi connectivity index (χ3n) is 7.58. The molecule has 4 aromatic carbocycles. The molecule has 0 spiro atoms. The maximum Gasteiger partial charge on any atom is 0.335 e. The van der Waals surface area contributed by atoms with E-state index in [0.717, 1.165) is 55.5 Å². The van der Waals surface area contributed by atoms with Crippen LogP contribution in [0.15, 0.2) is 133 Å². The SMILES string of the molecule is CC(=Cc1ccc(C(=O)NO)cc1)CNc1cnc2ccccc2c1.CC(=Cc1ccc(C(=O)O)cc1)CNc1cnc2ccccc2c1. The zero-order chi connectivity index (χ0) is 34.6. The molecule has 0 radical (unpaired) electrons. The first-order chi connectivity index (χ1) is 23.8. The maximum atomic E-state index is 11.3. The number of rotatable bonds is 10. The van der Waals surface area contributed by atoms with Crippen LogP contribution in [0.4, 0.5) is 11.4 Å². The molecule has 0 unspecified atom stereocenters. The van der Waals surface area contributed by atoms with Gasteiger partial charge in [0, 0.05) is 29.4 Å². The summed E-state index contributed by atoms with van der Waals surface area (Å²) in [6.07, 6.45) is 7.74. The molecule has 0 saturated carbocycles. The van der Waals surface area contributed by atoms with E-state index in [2.05, 4.69) is 32.7 Å². The molecule has 0 aliphatic rings. The summed E-state index contributed by atoms with van der Waals surface area (Å²) in [6.45, 7) is 5.46. The first-order valence-corrected chi connectivity index (χ1v) is 15.7. The van der Waals surface area contributed by atoms with Crippen molar-refractivity contribution < 1.29 is 19.9 Å². The van der Waals surface area contributed by atoms with Crippen molar-refractivity contribution in [3.8, 4) is 0 Å². The van der Waals surface area contributed by atoms with E-state index < -0.39 is 11.9 Å². The van der Waals surface area contributed by atoms with Gasteiger partial charge in [-0.05, 0) is 73.5 Å². The molecule has 9 nitrogen and oxygen atoms in total. The average Bonchev–Trinajstić information content (AvgIpc) is 3.13. The number of nitrogens with zero attached hydrogens (tertiary/aromatic N) is 2. The summed E-state index contributed by atoms with van der Waals surface area (Å²) >= 11 is 0. The lowest BCUT2D eigenvalue weighted by atomic mass is 10.1. The summed E-state index contributed by atoms with van der Waals surface area (Å²) < 4.78 is 0. The number of aromatic carboxylic acids is 1. The van der Waals surface area contributed by atoms with Gasteiger partial charge in [0.2, 0.25) is 0 Å². The van der Waals surface area contributed by atoms with E-state index in [4.69, 9.17) is 10.3 Å².